The molecule has 1 unspecified atom stereocenters. The van der Waals surface area contributed by atoms with Crippen LogP contribution in [0.1, 0.15) is 37.6 Å². The maximum Gasteiger partial charge on any atom is 0.0305 e. The first-order chi connectivity index (χ1) is 8.13. The maximum absolute atomic E-state index is 3.78. The third-order valence-electron chi connectivity index (χ3n) is 3.85. The summed E-state index contributed by atoms with van der Waals surface area (Å²) in [6, 6.07) is 2.93. The average molecular weight is 269 g/mol. The fourth-order valence-electron chi connectivity index (χ4n) is 2.32. The predicted molar refractivity (Wildman–Crippen MR) is 80.0 cm³/mol. The van der Waals surface area contributed by atoms with Gasteiger partial charge in [-0.3, -0.25) is 0 Å². The molecule has 17 heavy (non-hydrogen) atoms. The van der Waals surface area contributed by atoms with Gasteiger partial charge in [0.15, 0.2) is 0 Å². The molecular weight excluding hydrogens is 246 g/mol. The van der Waals surface area contributed by atoms with Gasteiger partial charge in [0.2, 0.25) is 0 Å². The molecule has 1 fully saturated rings. The van der Waals surface area contributed by atoms with E-state index in [0.717, 1.165) is 13.0 Å². The molecule has 0 radical (unpaired) electrons. The van der Waals surface area contributed by atoms with Gasteiger partial charge in [-0.15, -0.1) is 11.3 Å². The molecule has 1 saturated heterocycles. The Morgan fingerprint density at radius 3 is 3.00 bits per heavy atom. The molecule has 96 valence electrons. The van der Waals surface area contributed by atoms with Gasteiger partial charge in [-0.25, -0.2) is 0 Å². The summed E-state index contributed by atoms with van der Waals surface area (Å²) >= 11 is 3.99. The Bertz CT molecular complexity index is 357. The Labute approximate surface area is 113 Å². The van der Waals surface area contributed by atoms with Crippen molar-refractivity contribution in [2.75, 3.05) is 11.5 Å². The zero-order valence-electron chi connectivity index (χ0n) is 11.1. The van der Waals surface area contributed by atoms with Gasteiger partial charge in [-0.2, -0.15) is 11.8 Å². The predicted octanol–water partition coefficient (Wildman–Crippen LogP) is 3.93. The van der Waals surface area contributed by atoms with Gasteiger partial charge in [-0.05, 0) is 41.0 Å². The van der Waals surface area contributed by atoms with Crippen molar-refractivity contribution in [3.63, 3.8) is 0 Å². The van der Waals surface area contributed by atoms with Gasteiger partial charge < -0.3 is 5.32 Å². The van der Waals surface area contributed by atoms with Crippen molar-refractivity contribution in [3.05, 3.63) is 21.9 Å². The molecule has 0 aromatic carbocycles. The van der Waals surface area contributed by atoms with Crippen molar-refractivity contribution in [1.29, 1.82) is 0 Å². The van der Waals surface area contributed by atoms with Crippen molar-refractivity contribution in [1.82, 2.24) is 5.32 Å². The Balaban J connectivity index is 1.93. The molecule has 1 aliphatic heterocycles. The van der Waals surface area contributed by atoms with Crippen LogP contribution < -0.4 is 5.32 Å². The molecule has 0 saturated carbocycles. The van der Waals surface area contributed by atoms with Gasteiger partial charge in [0, 0.05) is 23.2 Å². The highest BCUT2D eigenvalue weighted by Crippen LogP contribution is 2.34. The van der Waals surface area contributed by atoms with Crippen LogP contribution in [0.5, 0.6) is 0 Å². The quantitative estimate of drug-likeness (QED) is 0.889. The first-order valence-corrected chi connectivity index (χ1v) is 8.53. The first kappa shape index (κ1) is 13.4. The van der Waals surface area contributed by atoms with Crippen LogP contribution >= 0.6 is 23.1 Å². The van der Waals surface area contributed by atoms with Crippen LogP contribution in [0.25, 0.3) is 0 Å². The molecule has 1 atom stereocenters. The normalized spacial score (nSPS) is 23.8. The highest BCUT2D eigenvalue weighted by molar-refractivity contribution is 7.99. The second kappa shape index (κ2) is 5.77. The number of thiophene rings is 1. The zero-order chi connectivity index (χ0) is 12.3. The lowest BCUT2D eigenvalue weighted by molar-refractivity contribution is 0.245. The topological polar surface area (TPSA) is 12.0 Å². The third-order valence-corrected chi connectivity index (χ3v) is 5.87. The van der Waals surface area contributed by atoms with Crippen molar-refractivity contribution >= 4 is 23.1 Å². The second-order valence-electron chi connectivity index (χ2n) is 5.47. The van der Waals surface area contributed by atoms with Crippen LogP contribution in [0, 0.1) is 5.41 Å². The van der Waals surface area contributed by atoms with Crippen molar-refractivity contribution in [3.8, 4) is 0 Å². The number of thioether (sulfide) groups is 1. The zero-order valence-corrected chi connectivity index (χ0v) is 12.7. The molecule has 1 aromatic heterocycles. The summed E-state index contributed by atoms with van der Waals surface area (Å²) in [7, 11) is 0. The SMILES string of the molecule is CCc1ccsc1CNC1CSCCC1(C)C. The van der Waals surface area contributed by atoms with Gasteiger partial charge in [-0.1, -0.05) is 20.8 Å². The molecule has 2 rings (SSSR count). The minimum absolute atomic E-state index is 0.453. The van der Waals surface area contributed by atoms with E-state index in [4.69, 9.17) is 0 Å². The molecule has 1 nitrogen and oxygen atoms in total. The van der Waals surface area contributed by atoms with Crippen LogP contribution in [-0.4, -0.2) is 17.5 Å². The lowest BCUT2D eigenvalue weighted by Crippen LogP contribution is -2.46. The number of hydrogen-bond acceptors (Lipinski definition) is 3. The Hall–Kier alpha value is 0.01000. The van der Waals surface area contributed by atoms with E-state index in [1.165, 1.54) is 28.4 Å². The second-order valence-corrected chi connectivity index (χ2v) is 7.62. The fourth-order valence-corrected chi connectivity index (χ4v) is 4.89. The molecule has 0 aliphatic carbocycles. The third kappa shape index (κ3) is 3.27. The van der Waals surface area contributed by atoms with Crippen molar-refractivity contribution < 1.29 is 0 Å². The van der Waals surface area contributed by atoms with E-state index < -0.39 is 0 Å². The van der Waals surface area contributed by atoms with E-state index in [1.54, 1.807) is 0 Å². The van der Waals surface area contributed by atoms with Crippen LogP contribution in [0.15, 0.2) is 11.4 Å². The maximum atomic E-state index is 3.78. The van der Waals surface area contributed by atoms with Crippen molar-refractivity contribution in [2.24, 2.45) is 5.41 Å². The van der Waals surface area contributed by atoms with Crippen LogP contribution in [0.3, 0.4) is 0 Å². The average Bonchev–Trinajstić information content (AvgIpc) is 2.74. The molecule has 1 N–H and O–H groups in total. The summed E-state index contributed by atoms with van der Waals surface area (Å²) < 4.78 is 0. The molecule has 0 amide bonds. The first-order valence-electron chi connectivity index (χ1n) is 6.50. The Morgan fingerprint density at radius 2 is 2.29 bits per heavy atom. The Kier molecular flexibility index (Phi) is 4.56. The Morgan fingerprint density at radius 1 is 1.47 bits per heavy atom. The van der Waals surface area contributed by atoms with E-state index in [-0.39, 0.29) is 0 Å². The van der Waals surface area contributed by atoms with Crippen LogP contribution in [0.2, 0.25) is 0 Å². The number of hydrogen-bond donors (Lipinski definition) is 1. The molecule has 3 heteroatoms. The molecule has 0 bridgehead atoms. The fraction of sp³-hybridized carbons (Fsp3) is 0.714. The van der Waals surface area contributed by atoms with E-state index >= 15 is 0 Å². The molecule has 1 aliphatic rings. The van der Waals surface area contributed by atoms with Crippen LogP contribution in [-0.2, 0) is 13.0 Å². The van der Waals surface area contributed by atoms with E-state index in [9.17, 15) is 0 Å². The summed E-state index contributed by atoms with van der Waals surface area (Å²) in [6.45, 7) is 8.10. The minimum atomic E-state index is 0.453. The summed E-state index contributed by atoms with van der Waals surface area (Å²) in [5, 5.41) is 6.00. The van der Waals surface area contributed by atoms with Crippen molar-refractivity contribution in [2.45, 2.75) is 46.2 Å². The van der Waals surface area contributed by atoms with E-state index in [1.807, 2.05) is 11.3 Å². The summed E-state index contributed by atoms with van der Waals surface area (Å²) in [5.41, 5.74) is 1.97. The summed E-state index contributed by atoms with van der Waals surface area (Å²) in [6.07, 6.45) is 2.49. The van der Waals surface area contributed by atoms with Gasteiger partial charge >= 0.3 is 0 Å². The van der Waals surface area contributed by atoms with E-state index in [2.05, 4.69) is 49.3 Å². The monoisotopic (exact) mass is 269 g/mol. The smallest absolute Gasteiger partial charge is 0.0305 e. The number of aryl methyl sites for hydroxylation is 1. The van der Waals surface area contributed by atoms with Gasteiger partial charge in [0.1, 0.15) is 0 Å². The highest BCUT2D eigenvalue weighted by Gasteiger charge is 2.32. The lowest BCUT2D eigenvalue weighted by Gasteiger charge is -2.38. The van der Waals surface area contributed by atoms with Crippen LogP contribution in [0.4, 0.5) is 0 Å². The van der Waals surface area contributed by atoms with Gasteiger partial charge in [0.25, 0.3) is 0 Å². The molecule has 0 spiro atoms. The highest BCUT2D eigenvalue weighted by atomic mass is 32.2. The van der Waals surface area contributed by atoms with E-state index in [0.29, 0.717) is 11.5 Å². The van der Waals surface area contributed by atoms with Gasteiger partial charge in [0.05, 0.1) is 0 Å². The molecule has 1 aromatic rings. The molecule has 2 heterocycles. The number of nitrogens with one attached hydrogen (secondary N) is 1. The molecular formula is C14H23NS2. The lowest BCUT2D eigenvalue weighted by atomic mass is 9.82. The largest absolute Gasteiger partial charge is 0.308 e. The summed E-state index contributed by atoms with van der Waals surface area (Å²) in [4.78, 5) is 1.53. The standard InChI is InChI=1S/C14H23NS2/c1-4-11-5-7-17-12(11)9-15-13-10-16-8-6-14(13,2)3/h5,7,13,15H,4,6,8-10H2,1-3H3. The number of rotatable bonds is 4. The summed E-state index contributed by atoms with van der Waals surface area (Å²) in [5.74, 6) is 2.59. The minimum Gasteiger partial charge on any atom is -0.308 e.